The van der Waals surface area contributed by atoms with Crippen molar-refractivity contribution < 1.29 is 13.9 Å². The Bertz CT molecular complexity index is 1790. The lowest BCUT2D eigenvalue weighted by molar-refractivity contribution is -0.135. The number of halogens is 1. The number of amides is 1. The van der Waals surface area contributed by atoms with E-state index in [0.29, 0.717) is 55.7 Å². The first-order valence-corrected chi connectivity index (χ1v) is 18.5. The fourth-order valence-corrected chi connectivity index (χ4v) is 10.7. The summed E-state index contributed by atoms with van der Waals surface area (Å²) < 4.78 is 22.7. The minimum Gasteiger partial charge on any atom is -0.462 e. The minimum absolute atomic E-state index is 0.0202. The molecule has 4 aliphatic rings. The molecule has 0 saturated carbocycles. The van der Waals surface area contributed by atoms with Crippen molar-refractivity contribution in [2.24, 2.45) is 5.73 Å². The van der Waals surface area contributed by atoms with Gasteiger partial charge >= 0.3 is 6.01 Å². The van der Waals surface area contributed by atoms with Gasteiger partial charge in [0.15, 0.2) is 11.6 Å². The average molecular weight is 708 g/mol. The molecule has 4 atom stereocenters. The van der Waals surface area contributed by atoms with Crippen LogP contribution in [-0.2, 0) is 15.3 Å². The molecule has 1 spiro atoms. The van der Waals surface area contributed by atoms with Gasteiger partial charge < -0.3 is 36.6 Å². The van der Waals surface area contributed by atoms with E-state index in [1.807, 2.05) is 40.7 Å². The van der Waals surface area contributed by atoms with Gasteiger partial charge in [0, 0.05) is 79.3 Å². The van der Waals surface area contributed by atoms with E-state index in [1.165, 1.54) is 11.3 Å². The van der Waals surface area contributed by atoms with E-state index < -0.39 is 11.9 Å². The van der Waals surface area contributed by atoms with Crippen LogP contribution in [-0.4, -0.2) is 94.7 Å². The fourth-order valence-electron chi connectivity index (χ4n) is 7.86. The van der Waals surface area contributed by atoms with Gasteiger partial charge in [-0.15, -0.1) is 23.1 Å². The number of carbonyl (C=O) groups is 1. The first kappa shape index (κ1) is 33.6. The van der Waals surface area contributed by atoms with Crippen LogP contribution in [0, 0.1) is 17.1 Å². The number of hydrogen-bond donors (Lipinski definition) is 3. The summed E-state index contributed by atoms with van der Waals surface area (Å²) in [6.07, 6.45) is 3.48. The SMILES string of the molecule is CCN(c1nc(OCC2CCC3CN(C(=O)[C@@H](C)N)CCN23)nc(N2CC3(C2)SCc2sc(N)c(C#N)c23)c1F)[C@H](C)c1cccnc1N. The lowest BCUT2D eigenvalue weighted by atomic mass is 9.88. The summed E-state index contributed by atoms with van der Waals surface area (Å²) in [7, 11) is 0. The third kappa shape index (κ3) is 5.80. The Labute approximate surface area is 293 Å². The maximum atomic E-state index is 16.7. The minimum atomic E-state index is -0.539. The van der Waals surface area contributed by atoms with E-state index >= 15 is 4.39 Å². The number of nitrogen functional groups attached to an aromatic ring is 2. The van der Waals surface area contributed by atoms with Crippen molar-refractivity contribution in [1.29, 1.82) is 5.26 Å². The van der Waals surface area contributed by atoms with E-state index in [4.69, 9.17) is 21.9 Å². The second kappa shape index (κ2) is 13.1. The van der Waals surface area contributed by atoms with Gasteiger partial charge in [-0.25, -0.2) is 4.98 Å². The van der Waals surface area contributed by atoms with Crippen molar-refractivity contribution in [2.45, 2.75) is 68.3 Å². The number of pyridine rings is 1. The zero-order valence-corrected chi connectivity index (χ0v) is 29.6. The second-order valence-corrected chi connectivity index (χ2v) is 15.8. The molecule has 2 unspecified atom stereocenters. The summed E-state index contributed by atoms with van der Waals surface area (Å²) in [6, 6.07) is 5.60. The molecule has 6 N–H and O–H groups in total. The summed E-state index contributed by atoms with van der Waals surface area (Å²) in [5, 5.41) is 10.4. The molecule has 49 heavy (non-hydrogen) atoms. The van der Waals surface area contributed by atoms with E-state index in [1.54, 1.807) is 24.9 Å². The normalized spacial score (nSPS) is 22.3. The number of nitrogens with two attached hydrogens (primary N) is 3. The Morgan fingerprint density at radius 3 is 2.78 bits per heavy atom. The van der Waals surface area contributed by atoms with Crippen molar-refractivity contribution in [1.82, 2.24) is 24.8 Å². The number of rotatable bonds is 9. The number of nitrogens with zero attached hydrogens (tertiary/aromatic N) is 8. The van der Waals surface area contributed by atoms with Gasteiger partial charge in [0.2, 0.25) is 11.7 Å². The predicted molar refractivity (Wildman–Crippen MR) is 190 cm³/mol. The summed E-state index contributed by atoms with van der Waals surface area (Å²) in [5.41, 5.74) is 20.6. The number of ether oxygens (including phenoxy) is 1. The van der Waals surface area contributed by atoms with Crippen LogP contribution in [0.1, 0.15) is 61.2 Å². The first-order valence-electron chi connectivity index (χ1n) is 16.7. The maximum Gasteiger partial charge on any atom is 0.320 e. The molecule has 0 aliphatic carbocycles. The van der Waals surface area contributed by atoms with E-state index in [-0.39, 0.29) is 46.4 Å². The van der Waals surface area contributed by atoms with Crippen LogP contribution in [0.2, 0.25) is 0 Å². The fraction of sp³-hybridized carbons (Fsp3) is 0.545. The number of thioether (sulfide) groups is 1. The molecule has 7 heterocycles. The highest BCUT2D eigenvalue weighted by molar-refractivity contribution is 8.00. The van der Waals surface area contributed by atoms with Gasteiger partial charge in [0.1, 0.15) is 23.5 Å². The quantitative estimate of drug-likeness (QED) is 0.296. The van der Waals surface area contributed by atoms with Crippen molar-refractivity contribution in [3.63, 3.8) is 0 Å². The number of piperazine rings is 1. The second-order valence-electron chi connectivity index (χ2n) is 13.3. The van der Waals surface area contributed by atoms with Gasteiger partial charge in [-0.3, -0.25) is 9.69 Å². The largest absolute Gasteiger partial charge is 0.462 e. The van der Waals surface area contributed by atoms with Crippen molar-refractivity contribution in [3.8, 4) is 12.1 Å². The van der Waals surface area contributed by atoms with Gasteiger partial charge in [-0.05, 0) is 39.7 Å². The molecular formula is C33H42FN11O2S2. The average Bonchev–Trinajstić information content (AvgIpc) is 3.75. The van der Waals surface area contributed by atoms with Crippen LogP contribution in [0.25, 0.3) is 0 Å². The summed E-state index contributed by atoms with van der Waals surface area (Å²) in [5.74, 6) is 0.883. The lowest BCUT2D eigenvalue weighted by Crippen LogP contribution is -2.57. The number of nitriles is 1. The lowest BCUT2D eigenvalue weighted by Gasteiger charge is -2.48. The Morgan fingerprint density at radius 1 is 1.27 bits per heavy atom. The van der Waals surface area contributed by atoms with Gasteiger partial charge in [-0.1, -0.05) is 6.07 Å². The van der Waals surface area contributed by atoms with Crippen LogP contribution in [0.4, 0.5) is 26.8 Å². The number of hydrogen-bond acceptors (Lipinski definition) is 14. The zero-order chi connectivity index (χ0) is 34.6. The van der Waals surface area contributed by atoms with Gasteiger partial charge in [0.05, 0.1) is 22.4 Å². The van der Waals surface area contributed by atoms with Gasteiger partial charge in [0.25, 0.3) is 0 Å². The maximum absolute atomic E-state index is 16.7. The molecule has 0 aromatic carbocycles. The molecule has 3 fully saturated rings. The molecule has 3 aromatic rings. The molecule has 13 nitrogen and oxygen atoms in total. The van der Waals surface area contributed by atoms with Crippen molar-refractivity contribution >= 4 is 51.5 Å². The Kier molecular flexibility index (Phi) is 8.97. The molecule has 0 bridgehead atoms. The molecule has 16 heteroatoms. The standard InChI is InChI=1S/C33H42FN11O2S2/c1-4-44(19(3)22-6-5-9-39-27(22)37)30-26(34)29(43-16-33(17-43)25-23(12-35)28(38)49-24(25)15-48-33)40-32(41-30)47-14-21-8-7-20-13-42(10-11-45(20)21)31(46)18(2)36/h5-6,9,18-21H,4,7-8,10-11,13-17,36,38H2,1-3H3,(H2,37,39)/t18-,19-,20?,21?/m1/s1. The number of thiophene rings is 1. The third-order valence-corrected chi connectivity index (χ3v) is 13.0. The van der Waals surface area contributed by atoms with Crippen LogP contribution < -0.4 is 31.7 Å². The molecule has 260 valence electrons. The monoisotopic (exact) mass is 707 g/mol. The van der Waals surface area contributed by atoms with Crippen LogP contribution >= 0.6 is 23.1 Å². The highest BCUT2D eigenvalue weighted by Crippen LogP contribution is 2.58. The van der Waals surface area contributed by atoms with E-state index in [9.17, 15) is 10.1 Å². The Hall–Kier alpha value is -3.91. The molecule has 0 radical (unpaired) electrons. The highest BCUT2D eigenvalue weighted by Gasteiger charge is 2.53. The molecule has 1 amide bonds. The molecular weight excluding hydrogens is 666 g/mol. The van der Waals surface area contributed by atoms with Crippen molar-refractivity contribution in [2.75, 3.05) is 67.1 Å². The summed E-state index contributed by atoms with van der Waals surface area (Å²) in [6.45, 7) is 9.37. The van der Waals surface area contributed by atoms with Crippen LogP contribution in [0.3, 0.4) is 0 Å². The van der Waals surface area contributed by atoms with E-state index in [2.05, 4.69) is 25.9 Å². The zero-order valence-electron chi connectivity index (χ0n) is 27.9. The smallest absolute Gasteiger partial charge is 0.320 e. The molecule has 3 aromatic heterocycles. The molecule has 7 rings (SSSR count). The van der Waals surface area contributed by atoms with Crippen LogP contribution in [0.15, 0.2) is 18.3 Å². The Balaban J connectivity index is 1.16. The number of carbonyl (C=O) groups excluding carboxylic acids is 1. The van der Waals surface area contributed by atoms with Crippen LogP contribution in [0.5, 0.6) is 6.01 Å². The number of anilines is 4. The van der Waals surface area contributed by atoms with Crippen molar-refractivity contribution in [3.05, 3.63) is 45.7 Å². The molecule has 4 aliphatic heterocycles. The topological polar surface area (TPSA) is 180 Å². The van der Waals surface area contributed by atoms with E-state index in [0.717, 1.165) is 41.1 Å². The predicted octanol–water partition coefficient (Wildman–Crippen LogP) is 3.06. The highest BCUT2D eigenvalue weighted by atomic mass is 32.2. The molecule has 3 saturated heterocycles. The van der Waals surface area contributed by atoms with Gasteiger partial charge in [-0.2, -0.15) is 19.6 Å². The number of fused-ring (bicyclic) bond motifs is 3. The summed E-state index contributed by atoms with van der Waals surface area (Å²) in [4.78, 5) is 35.3. The summed E-state index contributed by atoms with van der Waals surface area (Å²) >= 11 is 3.24. The Morgan fingerprint density at radius 2 is 2.06 bits per heavy atom. The first-order chi connectivity index (χ1) is 23.5. The third-order valence-electron chi connectivity index (χ3n) is 10.4. The number of aromatic nitrogens is 3.